The lowest BCUT2D eigenvalue weighted by Crippen LogP contribution is -2.29. The maximum Gasteiger partial charge on any atom is 0.240 e. The Hall–Kier alpha value is -0.670. The first-order valence-corrected chi connectivity index (χ1v) is 9.16. The molecule has 0 aliphatic rings. The van der Waals surface area contributed by atoms with Crippen molar-refractivity contribution in [3.8, 4) is 0 Å². The van der Waals surface area contributed by atoms with Crippen LogP contribution in [-0.4, -0.2) is 36.2 Å². The predicted octanol–water partition coefficient (Wildman–Crippen LogP) is 0.558. The van der Waals surface area contributed by atoms with Gasteiger partial charge in [-0.25, -0.2) is 26.3 Å². The summed E-state index contributed by atoms with van der Waals surface area (Å²) in [5, 5.41) is 0.335. The van der Waals surface area contributed by atoms with Crippen LogP contribution in [0, 0.1) is 0 Å². The van der Waals surface area contributed by atoms with Crippen molar-refractivity contribution in [2.24, 2.45) is 0 Å². The second-order valence-electron chi connectivity index (χ2n) is 3.88. The summed E-state index contributed by atoms with van der Waals surface area (Å²) >= 11 is 5.72. The summed E-state index contributed by atoms with van der Waals surface area (Å²) in [5.41, 5.74) is 0. The Morgan fingerprint density at radius 3 is 2.32 bits per heavy atom. The maximum absolute atomic E-state index is 11.8. The first-order valence-electron chi connectivity index (χ1n) is 5.40. The maximum atomic E-state index is 11.8. The highest BCUT2D eigenvalue weighted by molar-refractivity contribution is 7.89. The fourth-order valence-corrected chi connectivity index (χ4v) is 3.16. The van der Waals surface area contributed by atoms with Crippen LogP contribution in [0.5, 0.6) is 0 Å². The highest BCUT2D eigenvalue weighted by atomic mass is 35.5. The van der Waals surface area contributed by atoms with Crippen LogP contribution in [0.1, 0.15) is 6.42 Å². The molecule has 0 atom stereocenters. The quantitative estimate of drug-likeness (QED) is 0.716. The van der Waals surface area contributed by atoms with Gasteiger partial charge in [0, 0.05) is 18.1 Å². The van der Waals surface area contributed by atoms with Gasteiger partial charge >= 0.3 is 0 Å². The molecule has 108 valence electrons. The third-order valence-electron chi connectivity index (χ3n) is 2.12. The molecule has 0 aromatic heterocycles. The molecule has 0 bridgehead atoms. The molecule has 0 saturated carbocycles. The normalized spacial score (nSPS) is 12.5. The van der Waals surface area contributed by atoms with Gasteiger partial charge in [0.2, 0.25) is 20.0 Å². The molecule has 1 rings (SSSR count). The topological polar surface area (TPSA) is 92.3 Å². The Labute approximate surface area is 118 Å². The molecule has 2 N–H and O–H groups in total. The summed E-state index contributed by atoms with van der Waals surface area (Å²) in [6, 6.07) is 5.90. The van der Waals surface area contributed by atoms with E-state index < -0.39 is 20.0 Å². The van der Waals surface area contributed by atoms with Crippen LogP contribution in [0.25, 0.3) is 0 Å². The van der Waals surface area contributed by atoms with Crippen LogP contribution in [-0.2, 0) is 20.0 Å². The van der Waals surface area contributed by atoms with Gasteiger partial charge in [0.25, 0.3) is 0 Å². The summed E-state index contributed by atoms with van der Waals surface area (Å²) < 4.78 is 49.9. The number of benzene rings is 1. The van der Waals surface area contributed by atoms with Gasteiger partial charge in [0.05, 0.1) is 11.2 Å². The molecule has 0 fully saturated rings. The Morgan fingerprint density at radius 2 is 1.74 bits per heavy atom. The third kappa shape index (κ3) is 6.35. The lowest BCUT2D eigenvalue weighted by Gasteiger charge is -2.07. The zero-order valence-electron chi connectivity index (χ0n) is 10.3. The van der Waals surface area contributed by atoms with E-state index in [1.54, 1.807) is 12.1 Å². The summed E-state index contributed by atoms with van der Waals surface area (Å²) in [6.07, 6.45) is 1.40. The number of halogens is 1. The minimum absolute atomic E-state index is 0.0797. The van der Waals surface area contributed by atoms with E-state index in [2.05, 4.69) is 9.44 Å². The first kappa shape index (κ1) is 16.4. The second kappa shape index (κ2) is 6.67. The average molecular weight is 327 g/mol. The van der Waals surface area contributed by atoms with E-state index in [0.717, 1.165) is 6.26 Å². The van der Waals surface area contributed by atoms with Crippen molar-refractivity contribution in [3.05, 3.63) is 29.3 Å². The fourth-order valence-electron chi connectivity index (χ4n) is 1.27. The van der Waals surface area contributed by atoms with Gasteiger partial charge in [-0.2, -0.15) is 0 Å². The zero-order valence-corrected chi connectivity index (χ0v) is 12.6. The first-order chi connectivity index (χ1) is 8.71. The third-order valence-corrected chi connectivity index (χ3v) is 4.54. The van der Waals surface area contributed by atoms with Gasteiger partial charge in [-0.05, 0) is 24.6 Å². The molecule has 1 aromatic carbocycles. The molecule has 0 aliphatic heterocycles. The Morgan fingerprint density at radius 1 is 1.11 bits per heavy atom. The molecule has 0 saturated heterocycles. The fraction of sp³-hybridized carbons (Fsp3) is 0.400. The molecule has 0 unspecified atom stereocenters. The van der Waals surface area contributed by atoms with E-state index in [1.807, 2.05) is 0 Å². The summed E-state index contributed by atoms with van der Waals surface area (Å²) in [5.74, 6) is 0. The highest BCUT2D eigenvalue weighted by Crippen LogP contribution is 2.14. The molecule has 9 heteroatoms. The average Bonchev–Trinajstić information content (AvgIpc) is 2.27. The molecular weight excluding hydrogens is 312 g/mol. The van der Waals surface area contributed by atoms with Crippen molar-refractivity contribution in [3.63, 3.8) is 0 Å². The Bertz CT molecular complexity index is 629. The summed E-state index contributed by atoms with van der Waals surface area (Å²) in [7, 11) is -6.85. The summed E-state index contributed by atoms with van der Waals surface area (Å²) in [4.78, 5) is 0.0797. The molecule has 0 spiro atoms. The summed E-state index contributed by atoms with van der Waals surface area (Å²) in [6.45, 7) is 0.314. The van der Waals surface area contributed by atoms with Crippen LogP contribution in [0.15, 0.2) is 29.2 Å². The smallest absolute Gasteiger partial charge is 0.215 e. The van der Waals surface area contributed by atoms with Crippen molar-refractivity contribution >= 4 is 31.6 Å². The standard InChI is InChI=1S/C10H15ClN2O4S2/c1-18(14,15)12-6-3-7-13-19(16,17)10-5-2-4-9(11)8-10/h2,4-5,8,12-13H,3,6-7H2,1H3. The van der Waals surface area contributed by atoms with E-state index in [9.17, 15) is 16.8 Å². The number of hydrogen-bond donors (Lipinski definition) is 2. The van der Waals surface area contributed by atoms with Gasteiger partial charge < -0.3 is 0 Å². The van der Waals surface area contributed by atoms with Crippen LogP contribution < -0.4 is 9.44 Å². The van der Waals surface area contributed by atoms with Crippen molar-refractivity contribution in [1.82, 2.24) is 9.44 Å². The second-order valence-corrected chi connectivity index (χ2v) is 7.91. The van der Waals surface area contributed by atoms with Crippen LogP contribution in [0.4, 0.5) is 0 Å². The van der Waals surface area contributed by atoms with Gasteiger partial charge in [-0.15, -0.1) is 0 Å². The molecule has 0 radical (unpaired) electrons. The monoisotopic (exact) mass is 326 g/mol. The molecule has 19 heavy (non-hydrogen) atoms. The van der Waals surface area contributed by atoms with Crippen molar-refractivity contribution < 1.29 is 16.8 Å². The van der Waals surface area contributed by atoms with Crippen molar-refractivity contribution in [2.45, 2.75) is 11.3 Å². The van der Waals surface area contributed by atoms with E-state index in [4.69, 9.17) is 11.6 Å². The van der Waals surface area contributed by atoms with E-state index >= 15 is 0 Å². The number of nitrogens with one attached hydrogen (secondary N) is 2. The van der Waals surface area contributed by atoms with Crippen LogP contribution >= 0.6 is 11.6 Å². The van der Waals surface area contributed by atoms with Gasteiger partial charge in [0.15, 0.2) is 0 Å². The molecule has 0 amide bonds. The largest absolute Gasteiger partial charge is 0.240 e. The highest BCUT2D eigenvalue weighted by Gasteiger charge is 2.13. The van der Waals surface area contributed by atoms with Crippen LogP contribution in [0.3, 0.4) is 0 Å². The van der Waals surface area contributed by atoms with Crippen molar-refractivity contribution in [1.29, 1.82) is 0 Å². The molecular formula is C10H15ClN2O4S2. The number of sulfonamides is 2. The van der Waals surface area contributed by atoms with Gasteiger partial charge in [-0.3, -0.25) is 0 Å². The van der Waals surface area contributed by atoms with E-state index in [1.165, 1.54) is 12.1 Å². The predicted molar refractivity (Wildman–Crippen MR) is 74.1 cm³/mol. The molecule has 1 aromatic rings. The number of hydrogen-bond acceptors (Lipinski definition) is 4. The zero-order chi connectivity index (χ0) is 14.5. The molecule has 0 aliphatic carbocycles. The minimum Gasteiger partial charge on any atom is -0.215 e. The number of rotatable bonds is 7. The van der Waals surface area contributed by atoms with Gasteiger partial charge in [0.1, 0.15) is 0 Å². The Kier molecular flexibility index (Phi) is 5.75. The van der Waals surface area contributed by atoms with Gasteiger partial charge in [-0.1, -0.05) is 17.7 Å². The Balaban J connectivity index is 2.48. The molecule has 0 heterocycles. The minimum atomic E-state index is -3.61. The van der Waals surface area contributed by atoms with Crippen molar-refractivity contribution in [2.75, 3.05) is 19.3 Å². The van der Waals surface area contributed by atoms with Crippen LogP contribution in [0.2, 0.25) is 5.02 Å². The lowest BCUT2D eigenvalue weighted by atomic mass is 10.4. The SMILES string of the molecule is CS(=O)(=O)NCCCNS(=O)(=O)c1cccc(Cl)c1. The molecule has 6 nitrogen and oxygen atoms in total. The van der Waals surface area contributed by atoms with E-state index in [-0.39, 0.29) is 18.0 Å². The van der Waals surface area contributed by atoms with E-state index in [0.29, 0.717) is 11.4 Å². The lowest BCUT2D eigenvalue weighted by molar-refractivity contribution is 0.575.